The Balaban J connectivity index is 1.69. The molecule has 0 aromatic heterocycles. The van der Waals surface area contributed by atoms with Crippen molar-refractivity contribution in [2.75, 3.05) is 7.11 Å². The van der Waals surface area contributed by atoms with Crippen molar-refractivity contribution >= 4 is 37.0 Å². The number of carbonyl (C=O) groups is 2. The van der Waals surface area contributed by atoms with E-state index in [0.717, 1.165) is 5.30 Å². The highest BCUT2D eigenvalue weighted by atomic mass is 35.5. The van der Waals surface area contributed by atoms with Crippen molar-refractivity contribution in [1.29, 1.82) is 0 Å². The Morgan fingerprint density at radius 2 is 1.59 bits per heavy atom. The van der Waals surface area contributed by atoms with Gasteiger partial charge in [-0.2, -0.15) is 0 Å². The molecule has 0 aliphatic carbocycles. The van der Waals surface area contributed by atoms with Crippen molar-refractivity contribution in [2.45, 2.75) is 0 Å². The summed E-state index contributed by atoms with van der Waals surface area (Å²) in [6, 6.07) is 20.7. The molecular weight excluding hydrogens is 383 g/mol. The van der Waals surface area contributed by atoms with Gasteiger partial charge in [-0.15, -0.1) is 0 Å². The summed E-state index contributed by atoms with van der Waals surface area (Å²) in [5.41, 5.74) is 0.732. The minimum Gasteiger partial charge on any atom is -0.496 e. The smallest absolute Gasteiger partial charge is 0.343 e. The predicted octanol–water partition coefficient (Wildman–Crippen LogP) is 4.71. The molecule has 0 saturated heterocycles. The quantitative estimate of drug-likeness (QED) is 0.343. The summed E-state index contributed by atoms with van der Waals surface area (Å²) in [5, 5.41) is 1.17. The molecule has 1 unspecified atom stereocenters. The van der Waals surface area contributed by atoms with Gasteiger partial charge in [0.15, 0.2) is 5.52 Å². The lowest BCUT2D eigenvalue weighted by Gasteiger charge is -2.10. The van der Waals surface area contributed by atoms with Gasteiger partial charge in [-0.05, 0) is 50.3 Å². The number of halogens is 1. The van der Waals surface area contributed by atoms with Crippen molar-refractivity contribution in [3.05, 3.63) is 88.9 Å². The minimum atomic E-state index is -0.428. The summed E-state index contributed by atoms with van der Waals surface area (Å²) in [4.78, 5) is 24.7. The van der Waals surface area contributed by atoms with E-state index in [2.05, 4.69) is 0 Å². The van der Waals surface area contributed by atoms with Gasteiger partial charge in [0.1, 0.15) is 11.5 Å². The van der Waals surface area contributed by atoms with E-state index in [9.17, 15) is 9.59 Å². The largest absolute Gasteiger partial charge is 0.496 e. The molecule has 3 aromatic carbocycles. The molecule has 6 heteroatoms. The van der Waals surface area contributed by atoms with Crippen LogP contribution in [0.15, 0.2) is 72.8 Å². The lowest BCUT2D eigenvalue weighted by Crippen LogP contribution is -2.09. The van der Waals surface area contributed by atoms with Crippen molar-refractivity contribution in [3.8, 4) is 11.5 Å². The fourth-order valence-electron chi connectivity index (χ4n) is 2.43. The summed E-state index contributed by atoms with van der Waals surface area (Å²) >= 11 is 6.16. The van der Waals surface area contributed by atoms with Crippen LogP contribution in [-0.2, 0) is 0 Å². The van der Waals surface area contributed by atoms with Crippen LogP contribution < -0.4 is 14.8 Å². The topological polar surface area (TPSA) is 52.6 Å². The predicted molar refractivity (Wildman–Crippen MR) is 108 cm³/mol. The molecule has 0 aliphatic heterocycles. The summed E-state index contributed by atoms with van der Waals surface area (Å²) in [5.74, 6) is 0.441. The fraction of sp³-hybridized carbons (Fsp3) is 0.0476. The number of hydrogen-bond acceptors (Lipinski definition) is 4. The first-order valence-corrected chi connectivity index (χ1v) is 9.47. The zero-order valence-electron chi connectivity index (χ0n) is 14.4. The van der Waals surface area contributed by atoms with E-state index in [-0.39, 0.29) is 14.1 Å². The molecule has 4 nitrogen and oxygen atoms in total. The molecule has 1 atom stereocenters. The third-order valence-electron chi connectivity index (χ3n) is 3.75. The molecule has 0 amide bonds. The number of hydrogen-bond donors (Lipinski definition) is 0. The molecule has 3 rings (SSSR count). The van der Waals surface area contributed by atoms with Crippen molar-refractivity contribution in [1.82, 2.24) is 0 Å². The van der Waals surface area contributed by atoms with Crippen LogP contribution >= 0.6 is 20.2 Å². The van der Waals surface area contributed by atoms with E-state index in [1.807, 2.05) is 6.07 Å². The van der Waals surface area contributed by atoms with Crippen LogP contribution in [-0.4, -0.2) is 18.6 Å². The average molecular weight is 399 g/mol. The second-order valence-electron chi connectivity index (χ2n) is 5.55. The number of ether oxygens (including phenoxy) is 2. The van der Waals surface area contributed by atoms with Gasteiger partial charge in [0.2, 0.25) is 0 Å². The highest BCUT2D eigenvalue weighted by Gasteiger charge is 2.17. The Morgan fingerprint density at radius 1 is 0.889 bits per heavy atom. The highest BCUT2D eigenvalue weighted by molar-refractivity contribution is 7.66. The standard InChI is InChI=1S/C21H16ClO4P/c1-25-18-9-5-8-17(22)19(18)21(24)27-16-12-10-15(11-13-16)26-20(23)14-6-3-2-4-7-14/h2-13,27H,1H3. The average Bonchev–Trinajstić information content (AvgIpc) is 2.69. The molecule has 0 fully saturated rings. The zero-order chi connectivity index (χ0) is 19.2. The molecule has 0 N–H and O–H groups in total. The van der Waals surface area contributed by atoms with E-state index in [4.69, 9.17) is 21.1 Å². The molecule has 0 aliphatic rings. The molecule has 0 spiro atoms. The van der Waals surface area contributed by atoms with Gasteiger partial charge >= 0.3 is 5.97 Å². The summed E-state index contributed by atoms with van der Waals surface area (Å²) in [7, 11) is 1.37. The van der Waals surface area contributed by atoms with E-state index in [0.29, 0.717) is 27.6 Å². The molecule has 136 valence electrons. The molecule has 0 radical (unpaired) electrons. The Kier molecular flexibility index (Phi) is 6.23. The van der Waals surface area contributed by atoms with E-state index in [1.54, 1.807) is 66.7 Å². The van der Waals surface area contributed by atoms with Crippen LogP contribution in [0.3, 0.4) is 0 Å². The van der Waals surface area contributed by atoms with Gasteiger partial charge in [-0.25, -0.2) is 4.79 Å². The Hall–Kier alpha value is -2.68. The van der Waals surface area contributed by atoms with Gasteiger partial charge in [0.05, 0.1) is 23.3 Å². The van der Waals surface area contributed by atoms with Gasteiger partial charge in [0, 0.05) is 0 Å². The molecule has 3 aromatic rings. The van der Waals surface area contributed by atoms with E-state index in [1.165, 1.54) is 7.11 Å². The second kappa shape index (κ2) is 8.81. The number of rotatable bonds is 6. The van der Waals surface area contributed by atoms with Gasteiger partial charge < -0.3 is 9.47 Å². The maximum atomic E-state index is 12.6. The summed E-state index contributed by atoms with van der Waals surface area (Å²) in [6.45, 7) is 0. The first kappa shape index (κ1) is 19.1. The van der Waals surface area contributed by atoms with Crippen LogP contribution in [0, 0.1) is 0 Å². The molecule has 27 heavy (non-hydrogen) atoms. The SMILES string of the molecule is COc1cccc(Cl)c1C(=O)Pc1ccc(OC(=O)c2ccccc2)cc1. The second-order valence-corrected chi connectivity index (χ2v) is 7.24. The van der Waals surface area contributed by atoms with Crippen molar-refractivity contribution in [2.24, 2.45) is 0 Å². The Labute approximate surface area is 163 Å². The lowest BCUT2D eigenvalue weighted by atomic mass is 10.2. The first-order valence-electron chi connectivity index (χ1n) is 8.09. The van der Waals surface area contributed by atoms with Crippen molar-refractivity contribution in [3.63, 3.8) is 0 Å². The summed E-state index contributed by atoms with van der Waals surface area (Å²) < 4.78 is 10.6. The first-order chi connectivity index (χ1) is 13.1. The normalized spacial score (nSPS) is 10.7. The number of methoxy groups -OCH3 is 1. The summed E-state index contributed by atoms with van der Waals surface area (Å²) in [6.07, 6.45) is 0. The lowest BCUT2D eigenvalue weighted by molar-refractivity contribution is 0.0734. The third kappa shape index (κ3) is 4.73. The maximum Gasteiger partial charge on any atom is 0.343 e. The highest BCUT2D eigenvalue weighted by Crippen LogP contribution is 2.32. The molecule has 0 saturated carbocycles. The van der Waals surface area contributed by atoms with Crippen molar-refractivity contribution < 1.29 is 19.1 Å². The molecular formula is C21H16ClO4P. The number of benzene rings is 3. The number of carbonyl (C=O) groups excluding carboxylic acids is 2. The van der Waals surface area contributed by atoms with Crippen LogP contribution in [0.25, 0.3) is 0 Å². The Bertz CT molecular complexity index is 956. The zero-order valence-corrected chi connectivity index (χ0v) is 16.2. The molecule has 0 bridgehead atoms. The van der Waals surface area contributed by atoms with Gasteiger partial charge in [-0.1, -0.05) is 48.0 Å². The third-order valence-corrected chi connectivity index (χ3v) is 5.17. The maximum absolute atomic E-state index is 12.6. The monoisotopic (exact) mass is 398 g/mol. The van der Waals surface area contributed by atoms with Crippen LogP contribution in [0.1, 0.15) is 20.7 Å². The van der Waals surface area contributed by atoms with Gasteiger partial charge in [0.25, 0.3) is 0 Å². The Morgan fingerprint density at radius 3 is 2.26 bits per heavy atom. The minimum absolute atomic E-state index is 0.119. The van der Waals surface area contributed by atoms with E-state index >= 15 is 0 Å². The van der Waals surface area contributed by atoms with Crippen LogP contribution in [0.5, 0.6) is 11.5 Å². The number of esters is 1. The van der Waals surface area contributed by atoms with Gasteiger partial charge in [-0.3, -0.25) is 4.79 Å². The molecule has 0 heterocycles. The van der Waals surface area contributed by atoms with E-state index < -0.39 is 5.97 Å². The van der Waals surface area contributed by atoms with Crippen LogP contribution in [0.4, 0.5) is 0 Å². The van der Waals surface area contributed by atoms with Crippen LogP contribution in [0.2, 0.25) is 5.02 Å². The fourth-order valence-corrected chi connectivity index (χ4v) is 3.74.